The van der Waals surface area contributed by atoms with Crippen molar-refractivity contribution in [2.75, 3.05) is 0 Å². The molecule has 3 heteroatoms. The minimum atomic E-state index is 0.134. The van der Waals surface area contributed by atoms with Crippen molar-refractivity contribution < 1.29 is 4.79 Å². The molecule has 0 aliphatic heterocycles. The van der Waals surface area contributed by atoms with Crippen LogP contribution in [-0.2, 0) is 11.2 Å². The molecule has 0 bridgehead atoms. The molecule has 1 saturated carbocycles. The summed E-state index contributed by atoms with van der Waals surface area (Å²) in [5.41, 5.74) is 1.41. The fraction of sp³-hybridized carbons (Fsp3) is 0.562. The minimum Gasteiger partial charge on any atom is -0.353 e. The molecule has 1 aromatic carbocycles. The molecular weight excluding hydrogens is 254 g/mol. The highest BCUT2D eigenvalue weighted by molar-refractivity contribution is 7.80. The summed E-state index contributed by atoms with van der Waals surface area (Å²) in [6.45, 7) is 4.58. The molecule has 1 aromatic rings. The quantitative estimate of drug-likeness (QED) is 0.812. The molecule has 2 nitrogen and oxygen atoms in total. The molecule has 2 rings (SSSR count). The number of amides is 1. The van der Waals surface area contributed by atoms with Gasteiger partial charge in [0.2, 0.25) is 5.91 Å². The Hall–Kier alpha value is -0.960. The highest BCUT2D eigenvalue weighted by Gasteiger charge is 2.28. The number of hydrogen-bond donors (Lipinski definition) is 2. The van der Waals surface area contributed by atoms with Crippen molar-refractivity contribution in [2.45, 2.75) is 56.9 Å². The van der Waals surface area contributed by atoms with E-state index in [1.54, 1.807) is 0 Å². The number of rotatable bonds is 3. The number of hydrogen-bond acceptors (Lipinski definition) is 2. The molecular formula is C16H23NOS. The van der Waals surface area contributed by atoms with Gasteiger partial charge in [-0.3, -0.25) is 4.79 Å². The Bertz CT molecular complexity index is 439. The Kier molecular flexibility index (Phi) is 4.56. The Balaban J connectivity index is 1.85. The smallest absolute Gasteiger partial charge is 0.224 e. The fourth-order valence-corrected chi connectivity index (χ4v) is 3.05. The SMILES string of the molecule is CC1(C)CCCC(NC(=O)Cc2ccc(S)cc2)C1. The Morgan fingerprint density at radius 1 is 1.37 bits per heavy atom. The zero-order valence-corrected chi connectivity index (χ0v) is 12.7. The number of benzene rings is 1. The van der Waals surface area contributed by atoms with Gasteiger partial charge in [0, 0.05) is 10.9 Å². The maximum absolute atomic E-state index is 12.0. The maximum atomic E-state index is 12.0. The van der Waals surface area contributed by atoms with Crippen molar-refractivity contribution in [3.05, 3.63) is 29.8 Å². The Labute approximate surface area is 121 Å². The van der Waals surface area contributed by atoms with E-state index >= 15 is 0 Å². The fourth-order valence-electron chi connectivity index (χ4n) is 2.90. The van der Waals surface area contributed by atoms with Crippen molar-refractivity contribution in [1.29, 1.82) is 0 Å². The second kappa shape index (κ2) is 6.00. The van der Waals surface area contributed by atoms with Gasteiger partial charge in [-0.1, -0.05) is 32.4 Å². The predicted molar refractivity (Wildman–Crippen MR) is 81.6 cm³/mol. The van der Waals surface area contributed by atoms with Gasteiger partial charge in [0.15, 0.2) is 0 Å². The zero-order chi connectivity index (χ0) is 13.9. The molecule has 0 radical (unpaired) electrons. The van der Waals surface area contributed by atoms with Crippen LogP contribution in [0.5, 0.6) is 0 Å². The number of carbonyl (C=O) groups is 1. The Morgan fingerprint density at radius 3 is 2.68 bits per heavy atom. The first kappa shape index (κ1) is 14.4. The zero-order valence-electron chi connectivity index (χ0n) is 11.8. The van der Waals surface area contributed by atoms with Crippen LogP contribution in [0.15, 0.2) is 29.2 Å². The predicted octanol–water partition coefficient (Wildman–Crippen LogP) is 3.60. The summed E-state index contributed by atoms with van der Waals surface area (Å²) in [7, 11) is 0. The van der Waals surface area contributed by atoms with Crippen molar-refractivity contribution in [1.82, 2.24) is 5.32 Å². The summed E-state index contributed by atoms with van der Waals surface area (Å²) in [4.78, 5) is 13.0. The standard InChI is InChI=1S/C16H23NOS/c1-16(2)9-3-4-13(11-16)17-15(18)10-12-5-7-14(19)8-6-12/h5-8,13,19H,3-4,9-11H2,1-2H3,(H,17,18). The van der Waals surface area contributed by atoms with E-state index < -0.39 is 0 Å². The second-order valence-corrected chi connectivity index (χ2v) is 6.88. The van der Waals surface area contributed by atoms with Gasteiger partial charge in [-0.25, -0.2) is 0 Å². The lowest BCUT2D eigenvalue weighted by atomic mass is 9.75. The number of thiol groups is 1. The molecule has 1 N–H and O–H groups in total. The van der Waals surface area contributed by atoms with Gasteiger partial charge < -0.3 is 5.32 Å². The maximum Gasteiger partial charge on any atom is 0.224 e. The van der Waals surface area contributed by atoms with Crippen molar-refractivity contribution in [2.24, 2.45) is 5.41 Å². The van der Waals surface area contributed by atoms with Crippen LogP contribution < -0.4 is 5.32 Å². The summed E-state index contributed by atoms with van der Waals surface area (Å²) in [6, 6.07) is 8.13. The summed E-state index contributed by atoms with van der Waals surface area (Å²) in [6.07, 6.45) is 5.15. The molecule has 104 valence electrons. The summed E-state index contributed by atoms with van der Waals surface area (Å²) >= 11 is 4.25. The van der Waals surface area contributed by atoms with E-state index in [1.807, 2.05) is 24.3 Å². The van der Waals surface area contributed by atoms with E-state index in [0.29, 0.717) is 17.9 Å². The normalized spacial score (nSPS) is 21.9. The molecule has 0 saturated heterocycles. The highest BCUT2D eigenvalue weighted by atomic mass is 32.1. The molecule has 1 amide bonds. The van der Waals surface area contributed by atoms with Gasteiger partial charge in [-0.2, -0.15) is 0 Å². The molecule has 19 heavy (non-hydrogen) atoms. The van der Waals surface area contributed by atoms with Gasteiger partial charge in [-0.15, -0.1) is 12.6 Å². The lowest BCUT2D eigenvalue weighted by molar-refractivity contribution is -0.121. The van der Waals surface area contributed by atoms with Crippen LogP contribution in [0.4, 0.5) is 0 Å². The van der Waals surface area contributed by atoms with E-state index in [2.05, 4.69) is 31.8 Å². The lowest BCUT2D eigenvalue weighted by Crippen LogP contribution is -2.41. The largest absolute Gasteiger partial charge is 0.353 e. The highest BCUT2D eigenvalue weighted by Crippen LogP contribution is 2.35. The molecule has 0 heterocycles. The number of nitrogens with one attached hydrogen (secondary N) is 1. The van der Waals surface area contributed by atoms with Crippen LogP contribution >= 0.6 is 12.6 Å². The van der Waals surface area contributed by atoms with Gasteiger partial charge in [0.05, 0.1) is 6.42 Å². The van der Waals surface area contributed by atoms with E-state index in [4.69, 9.17) is 0 Å². The monoisotopic (exact) mass is 277 g/mol. The van der Waals surface area contributed by atoms with E-state index in [0.717, 1.165) is 23.3 Å². The van der Waals surface area contributed by atoms with Crippen LogP contribution in [0.1, 0.15) is 45.1 Å². The Morgan fingerprint density at radius 2 is 2.05 bits per heavy atom. The molecule has 1 aliphatic rings. The molecule has 0 spiro atoms. The molecule has 1 unspecified atom stereocenters. The van der Waals surface area contributed by atoms with Crippen LogP contribution in [0.25, 0.3) is 0 Å². The molecule has 1 fully saturated rings. The molecule has 1 atom stereocenters. The van der Waals surface area contributed by atoms with E-state index in [9.17, 15) is 4.79 Å². The summed E-state index contributed by atoms with van der Waals surface area (Å²) in [5.74, 6) is 0.134. The van der Waals surface area contributed by atoms with Crippen molar-refractivity contribution in [3.8, 4) is 0 Å². The molecule has 1 aliphatic carbocycles. The third-order valence-corrected chi connectivity index (χ3v) is 4.17. The van der Waals surface area contributed by atoms with E-state index in [-0.39, 0.29) is 5.91 Å². The van der Waals surface area contributed by atoms with Crippen molar-refractivity contribution in [3.63, 3.8) is 0 Å². The van der Waals surface area contributed by atoms with Gasteiger partial charge in [0.25, 0.3) is 0 Å². The molecule has 0 aromatic heterocycles. The topological polar surface area (TPSA) is 29.1 Å². The van der Waals surface area contributed by atoms with Crippen LogP contribution in [0, 0.1) is 5.41 Å². The van der Waals surface area contributed by atoms with Crippen molar-refractivity contribution >= 4 is 18.5 Å². The summed E-state index contributed by atoms with van der Waals surface area (Å²) in [5, 5.41) is 3.18. The van der Waals surface area contributed by atoms with Gasteiger partial charge in [-0.05, 0) is 42.4 Å². The third kappa shape index (κ3) is 4.57. The first-order valence-corrected chi connectivity index (χ1v) is 7.47. The van der Waals surface area contributed by atoms with Gasteiger partial charge >= 0.3 is 0 Å². The number of carbonyl (C=O) groups excluding carboxylic acids is 1. The van der Waals surface area contributed by atoms with Crippen LogP contribution in [0.2, 0.25) is 0 Å². The summed E-state index contributed by atoms with van der Waals surface area (Å²) < 4.78 is 0. The van der Waals surface area contributed by atoms with Crippen LogP contribution in [0.3, 0.4) is 0 Å². The van der Waals surface area contributed by atoms with Crippen LogP contribution in [-0.4, -0.2) is 11.9 Å². The first-order valence-electron chi connectivity index (χ1n) is 7.02. The first-order chi connectivity index (χ1) is 8.94. The third-order valence-electron chi connectivity index (χ3n) is 3.87. The average molecular weight is 277 g/mol. The minimum absolute atomic E-state index is 0.134. The van der Waals surface area contributed by atoms with E-state index in [1.165, 1.54) is 12.8 Å². The average Bonchev–Trinajstić information content (AvgIpc) is 2.30. The van der Waals surface area contributed by atoms with Gasteiger partial charge in [0.1, 0.15) is 0 Å². The lowest BCUT2D eigenvalue weighted by Gasteiger charge is -2.35. The second-order valence-electron chi connectivity index (χ2n) is 6.37.